The summed E-state index contributed by atoms with van der Waals surface area (Å²) in [4.78, 5) is 18.6. The summed E-state index contributed by atoms with van der Waals surface area (Å²) in [5, 5.41) is 10.2. The first-order valence-corrected chi connectivity index (χ1v) is 8.29. The number of aromatic nitrogens is 1. The van der Waals surface area contributed by atoms with Crippen LogP contribution >= 0.6 is 11.3 Å². The molecule has 2 unspecified atom stereocenters. The first-order valence-electron chi connectivity index (χ1n) is 7.47. The van der Waals surface area contributed by atoms with Gasteiger partial charge in [0.1, 0.15) is 4.88 Å². The highest BCUT2D eigenvalue weighted by atomic mass is 32.1. The number of hydrogen-bond donors (Lipinski definition) is 1. The van der Waals surface area contributed by atoms with Gasteiger partial charge in [-0.3, -0.25) is 4.90 Å². The van der Waals surface area contributed by atoms with Gasteiger partial charge in [0.2, 0.25) is 0 Å². The first-order chi connectivity index (χ1) is 9.86. The monoisotopic (exact) mass is 312 g/mol. The molecule has 0 radical (unpaired) electrons. The minimum Gasteiger partial charge on any atom is -0.477 e. The molecule has 1 fully saturated rings. The van der Waals surface area contributed by atoms with Crippen LogP contribution in [0, 0.1) is 0 Å². The number of carboxylic acid groups (broad SMARTS) is 1. The summed E-state index contributed by atoms with van der Waals surface area (Å²) in [7, 11) is 0. The van der Waals surface area contributed by atoms with E-state index in [1.165, 1.54) is 11.3 Å². The van der Waals surface area contributed by atoms with Gasteiger partial charge in [0.25, 0.3) is 0 Å². The number of carbonyl (C=O) groups is 1. The van der Waals surface area contributed by atoms with E-state index in [4.69, 9.17) is 4.74 Å². The number of morpholine rings is 1. The van der Waals surface area contributed by atoms with Crippen LogP contribution in [-0.2, 0) is 11.2 Å². The molecule has 1 aliphatic heterocycles. The highest BCUT2D eigenvalue weighted by Crippen LogP contribution is 2.25. The number of hydrogen-bond acceptors (Lipinski definition) is 5. The highest BCUT2D eigenvalue weighted by molar-refractivity contribution is 7.13. The molecule has 0 amide bonds. The van der Waals surface area contributed by atoms with Crippen molar-refractivity contribution >= 4 is 17.3 Å². The van der Waals surface area contributed by atoms with Crippen LogP contribution in [0.1, 0.15) is 54.0 Å². The number of thiazole rings is 1. The molecule has 0 saturated carbocycles. The quantitative estimate of drug-likeness (QED) is 0.905. The van der Waals surface area contributed by atoms with Gasteiger partial charge in [0.05, 0.1) is 22.9 Å². The summed E-state index contributed by atoms with van der Waals surface area (Å²) >= 11 is 1.32. The molecule has 2 atom stereocenters. The number of carboxylic acids is 1. The zero-order valence-electron chi connectivity index (χ0n) is 13.1. The third-order valence-corrected chi connectivity index (χ3v) is 4.69. The lowest BCUT2D eigenvalue weighted by Crippen LogP contribution is -2.46. The van der Waals surface area contributed by atoms with E-state index in [-0.39, 0.29) is 18.1 Å². The van der Waals surface area contributed by atoms with Crippen molar-refractivity contribution in [3.05, 3.63) is 15.6 Å². The van der Waals surface area contributed by atoms with Crippen molar-refractivity contribution in [3.8, 4) is 0 Å². The molecule has 0 spiro atoms. The molecule has 0 aliphatic carbocycles. The fourth-order valence-electron chi connectivity index (χ4n) is 2.75. The molecule has 118 valence electrons. The normalized spacial score (nSPS) is 23.7. The Bertz CT molecular complexity index is 491. The minimum absolute atomic E-state index is 0.143. The Morgan fingerprint density at radius 1 is 1.43 bits per heavy atom. The van der Waals surface area contributed by atoms with E-state index in [1.807, 2.05) is 13.8 Å². The van der Waals surface area contributed by atoms with E-state index < -0.39 is 5.97 Å². The first kappa shape index (κ1) is 16.4. The van der Waals surface area contributed by atoms with Gasteiger partial charge in [-0.25, -0.2) is 9.78 Å². The molecule has 1 aliphatic rings. The maximum Gasteiger partial charge on any atom is 0.347 e. The summed E-state index contributed by atoms with van der Waals surface area (Å²) < 4.78 is 5.72. The molecule has 0 aromatic carbocycles. The van der Waals surface area contributed by atoms with Crippen LogP contribution in [0.15, 0.2) is 0 Å². The molecular formula is C15H24N2O3S. The van der Waals surface area contributed by atoms with Gasteiger partial charge in [-0.05, 0) is 19.8 Å². The van der Waals surface area contributed by atoms with Gasteiger partial charge in [0.15, 0.2) is 0 Å². The predicted molar refractivity (Wildman–Crippen MR) is 83.3 cm³/mol. The third kappa shape index (κ3) is 4.25. The second kappa shape index (κ2) is 6.85. The molecule has 1 aromatic rings. The lowest BCUT2D eigenvalue weighted by Gasteiger charge is -2.35. The molecule has 5 nitrogen and oxygen atoms in total. The summed E-state index contributed by atoms with van der Waals surface area (Å²) in [5.74, 6) is -0.722. The van der Waals surface area contributed by atoms with Crippen LogP contribution < -0.4 is 0 Å². The van der Waals surface area contributed by atoms with Crippen LogP contribution in [-0.4, -0.2) is 52.8 Å². The molecule has 1 aromatic heterocycles. The number of nitrogens with zero attached hydrogens (tertiary/aromatic N) is 2. The Labute approximate surface area is 129 Å². The van der Waals surface area contributed by atoms with Crippen LogP contribution in [0.25, 0.3) is 0 Å². The van der Waals surface area contributed by atoms with E-state index in [9.17, 15) is 9.90 Å². The van der Waals surface area contributed by atoms with Crippen molar-refractivity contribution in [2.24, 2.45) is 0 Å². The second-order valence-corrected chi connectivity index (χ2v) is 7.13. The summed E-state index contributed by atoms with van der Waals surface area (Å²) in [6.45, 7) is 10.9. The smallest absolute Gasteiger partial charge is 0.347 e. The molecule has 21 heavy (non-hydrogen) atoms. The number of rotatable bonds is 5. The van der Waals surface area contributed by atoms with Gasteiger partial charge >= 0.3 is 5.97 Å². The predicted octanol–water partition coefficient (Wildman–Crippen LogP) is 2.62. The molecule has 1 saturated heterocycles. The van der Waals surface area contributed by atoms with Crippen molar-refractivity contribution in [1.82, 2.24) is 9.88 Å². The number of ether oxygens (including phenoxy) is 1. The summed E-state index contributed by atoms with van der Waals surface area (Å²) in [6, 6.07) is 0. The molecule has 6 heteroatoms. The van der Waals surface area contributed by atoms with E-state index in [2.05, 4.69) is 23.7 Å². The van der Waals surface area contributed by atoms with Crippen molar-refractivity contribution in [2.75, 3.05) is 19.6 Å². The maximum absolute atomic E-state index is 11.3. The average molecular weight is 312 g/mol. The molecule has 1 N–H and O–H groups in total. The van der Waals surface area contributed by atoms with Crippen LogP contribution in [0.5, 0.6) is 0 Å². The second-order valence-electron chi connectivity index (χ2n) is 6.05. The van der Waals surface area contributed by atoms with Gasteiger partial charge in [-0.15, -0.1) is 11.3 Å². The largest absolute Gasteiger partial charge is 0.477 e. The van der Waals surface area contributed by atoms with Crippen molar-refractivity contribution < 1.29 is 14.6 Å². The topological polar surface area (TPSA) is 62.7 Å². The van der Waals surface area contributed by atoms with Crippen LogP contribution in [0.4, 0.5) is 0 Å². The molecular weight excluding hydrogens is 288 g/mol. The average Bonchev–Trinajstić information content (AvgIpc) is 2.79. The highest BCUT2D eigenvalue weighted by Gasteiger charge is 2.23. The number of aromatic carboxylic acids is 1. The Kier molecular flexibility index (Phi) is 5.35. The van der Waals surface area contributed by atoms with Crippen LogP contribution in [0.2, 0.25) is 0 Å². The fourth-order valence-corrected chi connectivity index (χ4v) is 3.80. The molecule has 2 heterocycles. The minimum atomic E-state index is -0.865. The van der Waals surface area contributed by atoms with Gasteiger partial charge in [-0.2, -0.15) is 0 Å². The summed E-state index contributed by atoms with van der Waals surface area (Å²) in [5.41, 5.74) is 0.714. The van der Waals surface area contributed by atoms with Gasteiger partial charge in [-0.1, -0.05) is 13.8 Å². The lowest BCUT2D eigenvalue weighted by atomic mass is 10.1. The molecule has 2 rings (SSSR count). The van der Waals surface area contributed by atoms with E-state index >= 15 is 0 Å². The van der Waals surface area contributed by atoms with Crippen LogP contribution in [0.3, 0.4) is 0 Å². The van der Waals surface area contributed by atoms with Crippen molar-refractivity contribution in [3.63, 3.8) is 0 Å². The molecule has 0 bridgehead atoms. The Morgan fingerprint density at radius 2 is 2.05 bits per heavy atom. The SMILES string of the molecule is CC1CN(CCc2nc(C(C)C)c(C(=O)O)s2)CC(C)O1. The zero-order valence-corrected chi connectivity index (χ0v) is 13.9. The van der Waals surface area contributed by atoms with Crippen molar-refractivity contribution in [1.29, 1.82) is 0 Å². The lowest BCUT2D eigenvalue weighted by molar-refractivity contribution is -0.0675. The van der Waals surface area contributed by atoms with Crippen molar-refractivity contribution in [2.45, 2.75) is 52.2 Å². The Hall–Kier alpha value is -0.980. The van der Waals surface area contributed by atoms with Gasteiger partial charge in [0, 0.05) is 26.1 Å². The zero-order chi connectivity index (χ0) is 15.6. The van der Waals surface area contributed by atoms with E-state index in [1.54, 1.807) is 0 Å². The Balaban J connectivity index is 2.00. The third-order valence-electron chi connectivity index (χ3n) is 3.58. The summed E-state index contributed by atoms with van der Waals surface area (Å²) in [6.07, 6.45) is 1.31. The fraction of sp³-hybridized carbons (Fsp3) is 0.733. The maximum atomic E-state index is 11.3. The van der Waals surface area contributed by atoms with Gasteiger partial charge < -0.3 is 9.84 Å². The van der Waals surface area contributed by atoms with E-state index in [0.29, 0.717) is 10.6 Å². The Morgan fingerprint density at radius 3 is 2.52 bits per heavy atom. The van der Waals surface area contributed by atoms with E-state index in [0.717, 1.165) is 31.1 Å². The standard InChI is InChI=1S/C15H24N2O3S/c1-9(2)13-14(15(18)19)21-12(16-13)5-6-17-7-10(3)20-11(4)8-17/h9-11H,5-8H2,1-4H3,(H,18,19).